The lowest BCUT2D eigenvalue weighted by Crippen LogP contribution is -2.40. The van der Waals surface area contributed by atoms with Gasteiger partial charge in [-0.05, 0) is 42.7 Å². The van der Waals surface area contributed by atoms with E-state index in [-0.39, 0.29) is 37.8 Å². The minimum Gasteiger partial charge on any atom is -0.493 e. The van der Waals surface area contributed by atoms with Gasteiger partial charge in [-0.2, -0.15) is 17.5 Å². The Hall–Kier alpha value is -2.77. The van der Waals surface area contributed by atoms with Crippen molar-refractivity contribution < 1.29 is 39.9 Å². The highest BCUT2D eigenvalue weighted by atomic mass is 32.2. The van der Waals surface area contributed by atoms with Crippen LogP contribution < -0.4 is 10.1 Å². The number of hydrogen-bond acceptors (Lipinski definition) is 5. The van der Waals surface area contributed by atoms with Gasteiger partial charge in [0.2, 0.25) is 15.9 Å². The summed E-state index contributed by atoms with van der Waals surface area (Å²) in [5.74, 6) is -2.37. The summed E-state index contributed by atoms with van der Waals surface area (Å²) in [6, 6.07) is 8.21. The summed E-state index contributed by atoms with van der Waals surface area (Å²) < 4.78 is 99.9. The number of ether oxygens (including phenoxy) is 1. The van der Waals surface area contributed by atoms with Crippen LogP contribution in [0.15, 0.2) is 47.4 Å². The molecule has 0 aromatic heterocycles. The second-order valence-corrected chi connectivity index (χ2v) is 12.8. The SMILES string of the molecule is O=C(C[C@@H]1CCCN1S(=O)(=O)c1cccc(C(F)(F)F)c1)N[C@@H]1CCOc2cc(CN3CCC(F)(F)CC3)ccc21. The fraction of sp³-hybridized carbons (Fsp3) is 0.536. The smallest absolute Gasteiger partial charge is 0.416 e. The van der Waals surface area contributed by atoms with E-state index in [2.05, 4.69) is 5.32 Å². The third-order valence-corrected chi connectivity index (χ3v) is 9.91. The zero-order chi connectivity index (χ0) is 29.4. The highest BCUT2D eigenvalue weighted by Crippen LogP contribution is 2.36. The van der Waals surface area contributed by atoms with Gasteiger partial charge in [0.05, 0.1) is 23.1 Å². The standard InChI is InChI=1S/C28H32F5N3O4S/c29-27(30)9-12-35(13-10-27)18-19-6-7-23-24(8-14-40-25(23)15-19)34-26(37)17-21-4-2-11-36(21)41(38,39)22-5-1-3-20(16-22)28(31,32)33/h1,3,5-7,15-16,21,24H,2,4,8-14,17-18H2,(H,34,37)/t21-,24+/m0/s1. The molecule has 2 fully saturated rings. The molecule has 13 heteroatoms. The topological polar surface area (TPSA) is 79.0 Å². The molecule has 2 saturated heterocycles. The van der Waals surface area contributed by atoms with Crippen LogP contribution in [0.5, 0.6) is 5.75 Å². The first kappa shape index (κ1) is 29.7. The van der Waals surface area contributed by atoms with Crippen molar-refractivity contribution in [2.75, 3.05) is 26.2 Å². The van der Waals surface area contributed by atoms with Crippen molar-refractivity contribution >= 4 is 15.9 Å². The van der Waals surface area contributed by atoms with Crippen molar-refractivity contribution in [3.05, 3.63) is 59.2 Å². The first-order chi connectivity index (χ1) is 19.3. The van der Waals surface area contributed by atoms with Gasteiger partial charge in [-0.15, -0.1) is 0 Å². The molecular formula is C28H32F5N3O4S. The quantitative estimate of drug-likeness (QED) is 0.446. The van der Waals surface area contributed by atoms with E-state index in [1.54, 1.807) is 0 Å². The van der Waals surface area contributed by atoms with Crippen LogP contribution in [0.3, 0.4) is 0 Å². The van der Waals surface area contributed by atoms with Gasteiger partial charge >= 0.3 is 6.18 Å². The molecule has 0 saturated carbocycles. The second kappa shape index (κ2) is 11.5. The van der Waals surface area contributed by atoms with Gasteiger partial charge < -0.3 is 10.1 Å². The van der Waals surface area contributed by atoms with E-state index >= 15 is 0 Å². The van der Waals surface area contributed by atoms with E-state index < -0.39 is 38.6 Å². The van der Waals surface area contributed by atoms with E-state index in [1.807, 2.05) is 23.1 Å². The number of halogens is 5. The lowest BCUT2D eigenvalue weighted by atomic mass is 9.97. The predicted molar refractivity (Wildman–Crippen MR) is 140 cm³/mol. The van der Waals surface area contributed by atoms with Crippen LogP contribution in [0.2, 0.25) is 0 Å². The molecule has 0 unspecified atom stereocenters. The summed E-state index contributed by atoms with van der Waals surface area (Å²) in [7, 11) is -4.23. The minimum absolute atomic E-state index is 0.119. The summed E-state index contributed by atoms with van der Waals surface area (Å²) >= 11 is 0. The van der Waals surface area contributed by atoms with Crippen LogP contribution in [0, 0.1) is 0 Å². The number of amides is 1. The van der Waals surface area contributed by atoms with Crippen LogP contribution in [0.4, 0.5) is 22.0 Å². The van der Waals surface area contributed by atoms with Crippen molar-refractivity contribution in [2.45, 2.75) is 74.1 Å². The maximum Gasteiger partial charge on any atom is 0.416 e. The largest absolute Gasteiger partial charge is 0.493 e. The second-order valence-electron chi connectivity index (χ2n) is 10.9. The normalized spacial score (nSPS) is 23.5. The summed E-state index contributed by atoms with van der Waals surface area (Å²) in [4.78, 5) is 14.6. The van der Waals surface area contributed by atoms with Crippen molar-refractivity contribution in [2.24, 2.45) is 0 Å². The Kier molecular flexibility index (Phi) is 8.32. The zero-order valence-electron chi connectivity index (χ0n) is 22.3. The molecule has 0 aliphatic carbocycles. The zero-order valence-corrected chi connectivity index (χ0v) is 23.1. The van der Waals surface area contributed by atoms with E-state index in [0.717, 1.165) is 33.6 Å². The summed E-state index contributed by atoms with van der Waals surface area (Å²) in [6.07, 6.45) is -3.71. The number of hydrogen-bond donors (Lipinski definition) is 1. The monoisotopic (exact) mass is 601 g/mol. The van der Waals surface area contributed by atoms with Crippen LogP contribution in [0.25, 0.3) is 0 Å². The average molecular weight is 602 g/mol. The molecule has 2 aromatic rings. The van der Waals surface area contributed by atoms with E-state index in [4.69, 9.17) is 4.74 Å². The molecule has 0 radical (unpaired) electrons. The molecule has 5 rings (SSSR count). The summed E-state index contributed by atoms with van der Waals surface area (Å²) in [6.45, 7) is 1.61. The Morgan fingerprint density at radius 2 is 1.80 bits per heavy atom. The molecule has 224 valence electrons. The van der Waals surface area contributed by atoms with Crippen LogP contribution in [0.1, 0.15) is 61.3 Å². The Morgan fingerprint density at radius 3 is 2.54 bits per heavy atom. The highest BCUT2D eigenvalue weighted by Gasteiger charge is 2.39. The molecule has 0 spiro atoms. The van der Waals surface area contributed by atoms with Crippen molar-refractivity contribution in [1.82, 2.24) is 14.5 Å². The van der Waals surface area contributed by atoms with Crippen molar-refractivity contribution in [3.63, 3.8) is 0 Å². The molecule has 3 heterocycles. The van der Waals surface area contributed by atoms with Crippen LogP contribution in [-0.4, -0.2) is 61.7 Å². The number of benzene rings is 2. The Morgan fingerprint density at radius 1 is 1.05 bits per heavy atom. The fourth-order valence-electron chi connectivity index (χ4n) is 5.74. The predicted octanol–water partition coefficient (Wildman–Crippen LogP) is 5.12. The minimum atomic E-state index is -4.68. The van der Waals surface area contributed by atoms with E-state index in [9.17, 15) is 35.2 Å². The number of nitrogens with zero attached hydrogens (tertiary/aromatic N) is 2. The van der Waals surface area contributed by atoms with Gasteiger partial charge in [0.15, 0.2) is 0 Å². The Labute approximate surface area is 235 Å². The fourth-order valence-corrected chi connectivity index (χ4v) is 7.48. The molecular weight excluding hydrogens is 569 g/mol. The van der Waals surface area contributed by atoms with Crippen LogP contribution >= 0.6 is 0 Å². The Balaban J connectivity index is 1.22. The number of rotatable bonds is 7. The van der Waals surface area contributed by atoms with Gasteiger partial charge in [-0.3, -0.25) is 9.69 Å². The number of likely N-dealkylation sites (tertiary alicyclic amines) is 1. The lowest BCUT2D eigenvalue weighted by Gasteiger charge is -2.32. The first-order valence-electron chi connectivity index (χ1n) is 13.7. The average Bonchev–Trinajstić information content (AvgIpc) is 3.38. The lowest BCUT2D eigenvalue weighted by molar-refractivity contribution is -0.137. The van der Waals surface area contributed by atoms with E-state index in [1.165, 1.54) is 0 Å². The molecule has 41 heavy (non-hydrogen) atoms. The van der Waals surface area contributed by atoms with E-state index in [0.29, 0.717) is 57.3 Å². The number of alkyl halides is 5. The molecule has 3 aliphatic rings. The number of sulfonamides is 1. The van der Waals surface area contributed by atoms with Crippen LogP contribution in [-0.2, 0) is 27.5 Å². The maximum atomic E-state index is 13.5. The molecule has 1 amide bonds. The van der Waals surface area contributed by atoms with Gasteiger partial charge in [0.1, 0.15) is 5.75 Å². The molecule has 2 atom stereocenters. The van der Waals surface area contributed by atoms with Crippen molar-refractivity contribution in [1.29, 1.82) is 0 Å². The highest BCUT2D eigenvalue weighted by molar-refractivity contribution is 7.89. The van der Waals surface area contributed by atoms with Crippen molar-refractivity contribution in [3.8, 4) is 5.75 Å². The molecule has 2 aromatic carbocycles. The van der Waals surface area contributed by atoms with Gasteiger partial charge in [-0.25, -0.2) is 17.2 Å². The number of fused-ring (bicyclic) bond motifs is 1. The number of piperidine rings is 1. The third-order valence-electron chi connectivity index (χ3n) is 7.96. The molecule has 7 nitrogen and oxygen atoms in total. The maximum absolute atomic E-state index is 13.5. The Bertz CT molecular complexity index is 1380. The summed E-state index contributed by atoms with van der Waals surface area (Å²) in [5, 5.41) is 2.97. The third kappa shape index (κ3) is 6.83. The molecule has 1 N–H and O–H groups in total. The summed E-state index contributed by atoms with van der Waals surface area (Å²) in [5.41, 5.74) is 0.645. The number of carbonyl (C=O) groups excluding carboxylic acids is 1. The molecule has 3 aliphatic heterocycles. The van der Waals surface area contributed by atoms with Gasteiger partial charge in [0.25, 0.3) is 5.92 Å². The first-order valence-corrected chi connectivity index (χ1v) is 15.1. The number of carbonyl (C=O) groups is 1. The van der Waals surface area contributed by atoms with Gasteiger partial charge in [-0.1, -0.05) is 18.2 Å². The molecule has 0 bridgehead atoms. The van der Waals surface area contributed by atoms with Gasteiger partial charge in [0, 0.05) is 63.5 Å². The number of nitrogens with one attached hydrogen (secondary N) is 1.